The van der Waals surface area contributed by atoms with E-state index in [-0.39, 0.29) is 17.4 Å². The first-order valence-corrected chi connectivity index (χ1v) is 13.1. The molecule has 0 saturated carbocycles. The van der Waals surface area contributed by atoms with Crippen molar-refractivity contribution in [3.05, 3.63) is 100.0 Å². The minimum Gasteiger partial charge on any atom is -0.406 e. The standard InChI is InChI=1S/C29H23ClF6N4O2/c30-26-14-19(9-11-37-26)16-38-27(41)40-24-8-5-20(28(31,32)33)15-22(24)23-17-39(13-10-25(23)40)12-1-2-18-3-6-21(7-4-18)42-29(34,35)36/h1-9,11,14-15H,10,12-13,16-17H2,(H,38,41). The van der Waals surface area contributed by atoms with Gasteiger partial charge in [0, 0.05) is 49.9 Å². The summed E-state index contributed by atoms with van der Waals surface area (Å²) in [5, 5.41) is 3.43. The Morgan fingerprint density at radius 3 is 2.50 bits per heavy atom. The summed E-state index contributed by atoms with van der Waals surface area (Å²) in [5.74, 6) is -0.327. The zero-order valence-electron chi connectivity index (χ0n) is 21.8. The molecule has 0 bridgehead atoms. The fourth-order valence-corrected chi connectivity index (χ4v) is 5.10. The first kappa shape index (κ1) is 29.5. The summed E-state index contributed by atoms with van der Waals surface area (Å²) in [7, 11) is 0. The summed E-state index contributed by atoms with van der Waals surface area (Å²) in [6, 6.07) is 11.6. The van der Waals surface area contributed by atoms with Gasteiger partial charge in [0.1, 0.15) is 10.9 Å². The van der Waals surface area contributed by atoms with Gasteiger partial charge in [-0.2, -0.15) is 13.2 Å². The SMILES string of the molecule is O=C(NCc1ccnc(Cl)c1)n1c2c(c3cc(C(F)(F)F)ccc31)CN(CC=Cc1ccc(OC(F)(F)F)cc1)CC2. The van der Waals surface area contributed by atoms with Crippen LogP contribution in [0.25, 0.3) is 17.0 Å². The molecule has 0 radical (unpaired) electrons. The van der Waals surface area contributed by atoms with Gasteiger partial charge in [0.15, 0.2) is 0 Å². The zero-order chi connectivity index (χ0) is 30.1. The van der Waals surface area contributed by atoms with Gasteiger partial charge in [-0.15, -0.1) is 13.2 Å². The van der Waals surface area contributed by atoms with Crippen molar-refractivity contribution in [1.82, 2.24) is 19.8 Å². The van der Waals surface area contributed by atoms with E-state index in [1.54, 1.807) is 18.2 Å². The van der Waals surface area contributed by atoms with Gasteiger partial charge in [-0.3, -0.25) is 9.47 Å². The molecular formula is C29H23ClF6N4O2. The lowest BCUT2D eigenvalue weighted by molar-refractivity contribution is -0.274. The highest BCUT2D eigenvalue weighted by Gasteiger charge is 2.33. The summed E-state index contributed by atoms with van der Waals surface area (Å²) in [5.41, 5.74) is 2.20. The number of nitrogens with zero attached hydrogens (tertiary/aromatic N) is 3. The Balaban J connectivity index is 1.36. The van der Waals surface area contributed by atoms with Crippen LogP contribution in [-0.4, -0.2) is 39.9 Å². The van der Waals surface area contributed by atoms with Gasteiger partial charge in [-0.1, -0.05) is 35.9 Å². The molecule has 4 aromatic rings. The van der Waals surface area contributed by atoms with E-state index in [2.05, 4.69) is 15.0 Å². The third kappa shape index (κ3) is 6.88. The molecule has 220 valence electrons. The van der Waals surface area contributed by atoms with Crippen LogP contribution < -0.4 is 10.1 Å². The van der Waals surface area contributed by atoms with Crippen molar-refractivity contribution >= 4 is 34.6 Å². The smallest absolute Gasteiger partial charge is 0.406 e. The molecule has 2 aromatic carbocycles. The van der Waals surface area contributed by atoms with Crippen molar-refractivity contribution in [3.8, 4) is 5.75 Å². The molecule has 6 nitrogen and oxygen atoms in total. The number of alkyl halides is 6. The third-order valence-electron chi connectivity index (χ3n) is 6.78. The Labute approximate surface area is 241 Å². The highest BCUT2D eigenvalue weighted by Crippen LogP contribution is 2.36. The molecule has 0 fully saturated rings. The molecule has 1 amide bonds. The average Bonchev–Trinajstić information content (AvgIpc) is 3.25. The first-order chi connectivity index (χ1) is 19.9. The van der Waals surface area contributed by atoms with E-state index in [4.69, 9.17) is 11.6 Å². The molecule has 1 aliphatic rings. The third-order valence-corrected chi connectivity index (χ3v) is 6.99. The highest BCUT2D eigenvalue weighted by atomic mass is 35.5. The van der Waals surface area contributed by atoms with Crippen LogP contribution in [0.3, 0.4) is 0 Å². The van der Waals surface area contributed by atoms with Gasteiger partial charge in [0.25, 0.3) is 0 Å². The molecule has 0 spiro atoms. The lowest BCUT2D eigenvalue weighted by atomic mass is 10.0. The van der Waals surface area contributed by atoms with Crippen LogP contribution in [0.5, 0.6) is 5.75 Å². The number of halogens is 7. The molecule has 42 heavy (non-hydrogen) atoms. The van der Waals surface area contributed by atoms with E-state index in [0.29, 0.717) is 59.3 Å². The fourth-order valence-electron chi connectivity index (χ4n) is 4.91. The van der Waals surface area contributed by atoms with E-state index in [0.717, 1.165) is 12.1 Å². The number of ether oxygens (including phenoxy) is 1. The molecule has 5 rings (SSSR count). The van der Waals surface area contributed by atoms with Gasteiger partial charge < -0.3 is 10.1 Å². The van der Waals surface area contributed by atoms with Gasteiger partial charge in [0.05, 0.1) is 11.1 Å². The molecule has 3 heterocycles. The van der Waals surface area contributed by atoms with Gasteiger partial charge in [0.2, 0.25) is 0 Å². The number of rotatable bonds is 6. The molecule has 0 atom stereocenters. The summed E-state index contributed by atoms with van der Waals surface area (Å²) < 4.78 is 83.2. The van der Waals surface area contributed by atoms with Crippen molar-refractivity contribution in [2.75, 3.05) is 13.1 Å². The Bertz CT molecular complexity index is 1630. The summed E-state index contributed by atoms with van der Waals surface area (Å²) in [6.07, 6.45) is -3.85. The van der Waals surface area contributed by atoms with Crippen molar-refractivity contribution < 1.29 is 35.9 Å². The molecule has 0 unspecified atom stereocenters. The lowest BCUT2D eigenvalue weighted by Gasteiger charge is -2.27. The fraction of sp³-hybridized carbons (Fsp3) is 0.241. The van der Waals surface area contributed by atoms with Crippen LogP contribution in [0.15, 0.2) is 66.9 Å². The summed E-state index contributed by atoms with van der Waals surface area (Å²) in [6.45, 7) is 1.42. The van der Waals surface area contributed by atoms with Crippen LogP contribution >= 0.6 is 11.6 Å². The Kier molecular flexibility index (Phi) is 8.20. The van der Waals surface area contributed by atoms with Crippen LogP contribution in [-0.2, 0) is 25.7 Å². The predicted octanol–water partition coefficient (Wildman–Crippen LogP) is 7.44. The maximum Gasteiger partial charge on any atom is 0.573 e. The second-order valence-corrected chi connectivity index (χ2v) is 10.0. The first-order valence-electron chi connectivity index (χ1n) is 12.7. The van der Waals surface area contributed by atoms with Crippen molar-refractivity contribution in [1.29, 1.82) is 0 Å². The monoisotopic (exact) mass is 608 g/mol. The average molecular weight is 609 g/mol. The Morgan fingerprint density at radius 1 is 1.05 bits per heavy atom. The molecule has 13 heteroatoms. The molecular weight excluding hydrogens is 586 g/mol. The largest absolute Gasteiger partial charge is 0.573 e. The highest BCUT2D eigenvalue weighted by molar-refractivity contribution is 6.29. The van der Waals surface area contributed by atoms with E-state index in [1.165, 1.54) is 41.1 Å². The topological polar surface area (TPSA) is 59.4 Å². The van der Waals surface area contributed by atoms with Crippen LogP contribution in [0.1, 0.15) is 27.9 Å². The van der Waals surface area contributed by atoms with Crippen molar-refractivity contribution in [2.24, 2.45) is 0 Å². The number of hydrogen-bond acceptors (Lipinski definition) is 4. The zero-order valence-corrected chi connectivity index (χ0v) is 22.5. The number of benzene rings is 2. The Morgan fingerprint density at radius 2 is 1.81 bits per heavy atom. The number of pyridine rings is 1. The van der Waals surface area contributed by atoms with Gasteiger partial charge in [-0.05, 0) is 59.2 Å². The van der Waals surface area contributed by atoms with Crippen molar-refractivity contribution in [2.45, 2.75) is 32.0 Å². The number of aromatic nitrogens is 2. The summed E-state index contributed by atoms with van der Waals surface area (Å²) in [4.78, 5) is 19.3. The number of hydrogen-bond donors (Lipinski definition) is 1. The maximum atomic E-state index is 13.6. The number of fused-ring (bicyclic) bond motifs is 3. The maximum absolute atomic E-state index is 13.6. The lowest BCUT2D eigenvalue weighted by Crippen LogP contribution is -2.34. The minimum atomic E-state index is -4.77. The molecule has 0 saturated heterocycles. The summed E-state index contributed by atoms with van der Waals surface area (Å²) >= 11 is 5.92. The molecule has 1 aliphatic heterocycles. The predicted molar refractivity (Wildman–Crippen MR) is 145 cm³/mol. The van der Waals surface area contributed by atoms with Crippen LogP contribution in [0, 0.1) is 0 Å². The number of carbonyl (C=O) groups is 1. The number of carbonyl (C=O) groups excluding carboxylic acids is 1. The number of nitrogens with one attached hydrogen (secondary N) is 1. The quantitative estimate of drug-likeness (QED) is 0.183. The molecule has 2 aromatic heterocycles. The normalized spacial score (nSPS) is 14.4. The van der Waals surface area contributed by atoms with Gasteiger partial charge in [-0.25, -0.2) is 9.78 Å². The minimum absolute atomic E-state index is 0.149. The van der Waals surface area contributed by atoms with Crippen LogP contribution in [0.2, 0.25) is 5.15 Å². The van der Waals surface area contributed by atoms with E-state index < -0.39 is 24.1 Å². The Hall–Kier alpha value is -4.03. The van der Waals surface area contributed by atoms with E-state index in [1.807, 2.05) is 11.0 Å². The second-order valence-electron chi connectivity index (χ2n) is 9.64. The van der Waals surface area contributed by atoms with E-state index >= 15 is 0 Å². The van der Waals surface area contributed by atoms with Crippen LogP contribution in [0.4, 0.5) is 31.1 Å². The second kappa shape index (κ2) is 11.7. The molecule has 0 aliphatic carbocycles. The number of amides is 1. The van der Waals surface area contributed by atoms with Gasteiger partial charge >= 0.3 is 18.6 Å². The van der Waals surface area contributed by atoms with E-state index in [9.17, 15) is 31.1 Å². The van der Waals surface area contributed by atoms with Crippen molar-refractivity contribution in [3.63, 3.8) is 0 Å². The molecule has 1 N–H and O–H groups in total.